The largest absolute Gasteiger partial charge is 0.508 e. The molecule has 1 aromatic rings. The van der Waals surface area contributed by atoms with Crippen molar-refractivity contribution in [3.05, 3.63) is 28.8 Å². The van der Waals surface area contributed by atoms with Gasteiger partial charge in [-0.1, -0.05) is 11.6 Å². The summed E-state index contributed by atoms with van der Waals surface area (Å²) in [5.74, 6) is 0.327. The predicted molar refractivity (Wildman–Crippen MR) is 79.8 cm³/mol. The van der Waals surface area contributed by atoms with E-state index in [9.17, 15) is 5.11 Å². The van der Waals surface area contributed by atoms with Gasteiger partial charge in [-0.15, -0.1) is 0 Å². The zero-order chi connectivity index (χ0) is 14.2. The molecule has 1 heterocycles. The number of phenolic OH excluding ortho intramolecular Hbond substituents is 1. The summed E-state index contributed by atoms with van der Waals surface area (Å²) in [6.45, 7) is 9.67. The first-order valence-corrected chi connectivity index (χ1v) is 7.13. The van der Waals surface area contributed by atoms with Gasteiger partial charge in [0.15, 0.2) is 0 Å². The molecule has 3 nitrogen and oxygen atoms in total. The summed E-state index contributed by atoms with van der Waals surface area (Å²) in [6, 6.07) is 5.44. The number of nitrogens with zero attached hydrogens (tertiary/aromatic N) is 2. The van der Waals surface area contributed by atoms with Gasteiger partial charge in [0, 0.05) is 41.8 Å². The summed E-state index contributed by atoms with van der Waals surface area (Å²) >= 11 is 6.04. The zero-order valence-electron chi connectivity index (χ0n) is 12.2. The van der Waals surface area contributed by atoms with E-state index in [2.05, 4.69) is 37.6 Å². The second-order valence-corrected chi connectivity index (χ2v) is 6.52. The molecule has 4 heteroatoms. The van der Waals surface area contributed by atoms with Crippen LogP contribution in [0.5, 0.6) is 5.75 Å². The average Bonchev–Trinajstić information content (AvgIpc) is 2.35. The topological polar surface area (TPSA) is 26.7 Å². The third kappa shape index (κ3) is 3.04. The standard InChI is InChI=1S/C15H23ClN2O/c1-11(13-9-12(16)5-6-14(13)19)18-8-7-17(4)15(2,3)10-18/h5-6,9,11,19H,7-8,10H2,1-4H3. The second-order valence-electron chi connectivity index (χ2n) is 6.08. The first-order chi connectivity index (χ1) is 8.81. The quantitative estimate of drug-likeness (QED) is 0.903. The average molecular weight is 283 g/mol. The van der Waals surface area contributed by atoms with E-state index in [1.807, 2.05) is 6.07 Å². The number of piperazine rings is 1. The number of aromatic hydroxyl groups is 1. The fourth-order valence-electron chi connectivity index (χ4n) is 2.67. The van der Waals surface area contributed by atoms with E-state index < -0.39 is 0 Å². The van der Waals surface area contributed by atoms with Crippen LogP contribution < -0.4 is 0 Å². The Morgan fingerprint density at radius 2 is 2.00 bits per heavy atom. The van der Waals surface area contributed by atoms with Crippen molar-refractivity contribution in [3.63, 3.8) is 0 Å². The van der Waals surface area contributed by atoms with Crippen LogP contribution in [-0.4, -0.2) is 47.1 Å². The molecule has 0 saturated carbocycles. The number of halogens is 1. The van der Waals surface area contributed by atoms with Crippen LogP contribution in [0.1, 0.15) is 32.4 Å². The summed E-state index contributed by atoms with van der Waals surface area (Å²) in [7, 11) is 2.17. The van der Waals surface area contributed by atoms with Crippen LogP contribution in [-0.2, 0) is 0 Å². The number of hydrogen-bond acceptors (Lipinski definition) is 3. The van der Waals surface area contributed by atoms with Gasteiger partial charge in [-0.25, -0.2) is 0 Å². The van der Waals surface area contributed by atoms with Gasteiger partial charge in [0.25, 0.3) is 0 Å². The molecule has 1 unspecified atom stereocenters. The lowest BCUT2D eigenvalue weighted by Crippen LogP contribution is -2.57. The van der Waals surface area contributed by atoms with Crippen molar-refractivity contribution in [2.45, 2.75) is 32.4 Å². The Bertz CT molecular complexity index is 461. The Kier molecular flexibility index (Phi) is 4.09. The summed E-state index contributed by atoms with van der Waals surface area (Å²) in [5, 5.41) is 10.7. The molecule has 1 fully saturated rings. The minimum absolute atomic E-state index is 0.153. The lowest BCUT2D eigenvalue weighted by Gasteiger charge is -2.47. The molecule has 106 valence electrons. The molecule has 0 aromatic heterocycles. The molecule has 0 radical (unpaired) electrons. The van der Waals surface area contributed by atoms with Crippen LogP contribution >= 0.6 is 11.6 Å². The van der Waals surface area contributed by atoms with Gasteiger partial charge in [0.2, 0.25) is 0 Å². The van der Waals surface area contributed by atoms with Crippen molar-refractivity contribution >= 4 is 11.6 Å². The van der Waals surface area contributed by atoms with E-state index in [4.69, 9.17) is 11.6 Å². The highest BCUT2D eigenvalue weighted by atomic mass is 35.5. The van der Waals surface area contributed by atoms with E-state index in [0.29, 0.717) is 10.8 Å². The maximum atomic E-state index is 10.0. The molecule has 19 heavy (non-hydrogen) atoms. The maximum Gasteiger partial charge on any atom is 0.120 e. The molecule has 2 rings (SSSR count). The van der Waals surface area contributed by atoms with E-state index in [-0.39, 0.29) is 11.6 Å². The normalized spacial score (nSPS) is 22.4. The van der Waals surface area contributed by atoms with Crippen LogP contribution in [0, 0.1) is 0 Å². The fourth-order valence-corrected chi connectivity index (χ4v) is 2.85. The Hall–Kier alpha value is -0.770. The van der Waals surface area contributed by atoms with Crippen LogP contribution in [0.4, 0.5) is 0 Å². The SMILES string of the molecule is CC(c1cc(Cl)ccc1O)N1CCN(C)C(C)(C)C1. The van der Waals surface area contributed by atoms with Crippen LogP contribution in [0.2, 0.25) is 5.02 Å². The van der Waals surface area contributed by atoms with E-state index in [1.54, 1.807) is 12.1 Å². The molecule has 1 N–H and O–H groups in total. The first-order valence-electron chi connectivity index (χ1n) is 6.75. The zero-order valence-corrected chi connectivity index (χ0v) is 12.9. The maximum absolute atomic E-state index is 10.0. The Morgan fingerprint density at radius 1 is 1.32 bits per heavy atom. The minimum Gasteiger partial charge on any atom is -0.508 e. The van der Waals surface area contributed by atoms with Gasteiger partial charge < -0.3 is 5.11 Å². The van der Waals surface area contributed by atoms with Crippen LogP contribution in [0.25, 0.3) is 0 Å². The first kappa shape index (κ1) is 14.6. The number of phenols is 1. The van der Waals surface area contributed by atoms with Gasteiger partial charge in [0.1, 0.15) is 5.75 Å². The highest BCUT2D eigenvalue weighted by Crippen LogP contribution is 2.33. The molecule has 0 aliphatic carbocycles. The lowest BCUT2D eigenvalue weighted by molar-refractivity contribution is 0.0197. The smallest absolute Gasteiger partial charge is 0.120 e. The van der Waals surface area contributed by atoms with E-state index in [0.717, 1.165) is 25.2 Å². The third-order valence-electron chi connectivity index (χ3n) is 4.33. The van der Waals surface area contributed by atoms with Crippen molar-refractivity contribution in [3.8, 4) is 5.75 Å². The highest BCUT2D eigenvalue weighted by Gasteiger charge is 2.33. The molecule has 1 aliphatic rings. The Balaban J connectivity index is 2.20. The molecule has 0 spiro atoms. The molecule has 1 aromatic carbocycles. The fraction of sp³-hybridized carbons (Fsp3) is 0.600. The molecule has 0 bridgehead atoms. The number of hydrogen-bond donors (Lipinski definition) is 1. The van der Waals surface area contributed by atoms with Gasteiger partial charge in [0.05, 0.1) is 0 Å². The van der Waals surface area contributed by atoms with Crippen LogP contribution in [0.3, 0.4) is 0 Å². The summed E-state index contributed by atoms with van der Waals surface area (Å²) < 4.78 is 0. The van der Waals surface area contributed by atoms with Crippen molar-refractivity contribution in [1.29, 1.82) is 0 Å². The summed E-state index contributed by atoms with van der Waals surface area (Å²) in [5.41, 5.74) is 1.06. The minimum atomic E-state index is 0.153. The van der Waals surface area contributed by atoms with Crippen LogP contribution in [0.15, 0.2) is 18.2 Å². The van der Waals surface area contributed by atoms with Gasteiger partial charge in [-0.2, -0.15) is 0 Å². The molecule has 1 atom stereocenters. The Labute approximate surface area is 120 Å². The lowest BCUT2D eigenvalue weighted by atomic mass is 9.96. The highest BCUT2D eigenvalue weighted by molar-refractivity contribution is 6.30. The van der Waals surface area contributed by atoms with Gasteiger partial charge in [-0.05, 0) is 46.0 Å². The number of likely N-dealkylation sites (N-methyl/N-ethyl adjacent to an activating group) is 1. The Morgan fingerprint density at radius 3 is 2.63 bits per heavy atom. The monoisotopic (exact) mass is 282 g/mol. The van der Waals surface area contributed by atoms with E-state index >= 15 is 0 Å². The second kappa shape index (κ2) is 5.31. The van der Waals surface area contributed by atoms with E-state index in [1.165, 1.54) is 0 Å². The predicted octanol–water partition coefficient (Wildman–Crippen LogP) is 3.13. The number of benzene rings is 1. The summed E-state index contributed by atoms with van der Waals surface area (Å²) in [4.78, 5) is 4.79. The summed E-state index contributed by atoms with van der Waals surface area (Å²) in [6.07, 6.45) is 0. The van der Waals surface area contributed by atoms with Crippen molar-refractivity contribution in [2.24, 2.45) is 0 Å². The van der Waals surface area contributed by atoms with Crippen molar-refractivity contribution < 1.29 is 5.11 Å². The molecule has 1 aliphatic heterocycles. The molecule has 1 saturated heterocycles. The van der Waals surface area contributed by atoms with Gasteiger partial charge >= 0.3 is 0 Å². The number of rotatable bonds is 2. The molecule has 0 amide bonds. The third-order valence-corrected chi connectivity index (χ3v) is 4.57. The molecular formula is C15H23ClN2O. The molecular weight excluding hydrogens is 260 g/mol. The van der Waals surface area contributed by atoms with Gasteiger partial charge in [-0.3, -0.25) is 9.80 Å². The van der Waals surface area contributed by atoms with Crippen molar-refractivity contribution in [1.82, 2.24) is 9.80 Å². The van der Waals surface area contributed by atoms with Crippen molar-refractivity contribution in [2.75, 3.05) is 26.7 Å².